The van der Waals surface area contributed by atoms with Gasteiger partial charge in [0.2, 0.25) is 0 Å². The normalized spacial score (nSPS) is 10.8. The number of halogens is 2. The van der Waals surface area contributed by atoms with Gasteiger partial charge in [0.15, 0.2) is 0 Å². The van der Waals surface area contributed by atoms with Crippen LogP contribution < -0.4 is 0 Å². The molecule has 0 N–H and O–H groups in total. The molecule has 138 valence electrons. The number of nitro benzene ring substituents is 1. The molecular formula is C19H15Cl2N3O3. The van der Waals surface area contributed by atoms with Gasteiger partial charge in [0, 0.05) is 41.2 Å². The molecular weight excluding hydrogens is 389 g/mol. The molecule has 1 heterocycles. The number of carbonyl (C=O) groups is 1. The third-order valence-corrected chi connectivity index (χ3v) is 4.80. The summed E-state index contributed by atoms with van der Waals surface area (Å²) in [6.45, 7) is 1.89. The van der Waals surface area contributed by atoms with E-state index in [9.17, 15) is 14.9 Å². The molecule has 2 aromatic carbocycles. The van der Waals surface area contributed by atoms with E-state index in [4.69, 9.17) is 23.2 Å². The van der Waals surface area contributed by atoms with Gasteiger partial charge in [-0.1, -0.05) is 29.3 Å². The van der Waals surface area contributed by atoms with Crippen LogP contribution in [0.3, 0.4) is 0 Å². The first-order chi connectivity index (χ1) is 12.8. The van der Waals surface area contributed by atoms with Crippen LogP contribution in [0.5, 0.6) is 0 Å². The number of hydrogen-bond donors (Lipinski definition) is 0. The number of benzene rings is 2. The summed E-state index contributed by atoms with van der Waals surface area (Å²) < 4.78 is 0. The minimum Gasteiger partial charge on any atom is -0.337 e. The standard InChI is InChI=1S/C19H15Cl2N3O3/c1-11-16(8-12-3-4-14(20)9-18(12)22-11)19(25)23(2)10-13-7-15(24(26)27)5-6-17(13)21/h3-9H,10H2,1-2H3. The fourth-order valence-corrected chi connectivity index (χ4v) is 3.13. The zero-order valence-corrected chi connectivity index (χ0v) is 16.1. The molecule has 0 aliphatic rings. The first-order valence-corrected chi connectivity index (χ1v) is 8.77. The van der Waals surface area contributed by atoms with Gasteiger partial charge in [-0.3, -0.25) is 19.9 Å². The number of amides is 1. The Labute approximate surface area is 165 Å². The molecule has 0 unspecified atom stereocenters. The molecule has 1 amide bonds. The molecule has 3 rings (SSSR count). The third kappa shape index (κ3) is 4.02. The number of hydrogen-bond acceptors (Lipinski definition) is 4. The number of fused-ring (bicyclic) bond motifs is 1. The van der Waals surface area contributed by atoms with Crippen LogP contribution in [-0.2, 0) is 6.54 Å². The smallest absolute Gasteiger partial charge is 0.269 e. The lowest BCUT2D eigenvalue weighted by Crippen LogP contribution is -2.27. The van der Waals surface area contributed by atoms with Crippen molar-refractivity contribution < 1.29 is 9.72 Å². The van der Waals surface area contributed by atoms with Gasteiger partial charge in [-0.25, -0.2) is 0 Å². The number of non-ortho nitro benzene ring substituents is 1. The van der Waals surface area contributed by atoms with Crippen molar-refractivity contribution in [3.8, 4) is 0 Å². The highest BCUT2D eigenvalue weighted by atomic mass is 35.5. The summed E-state index contributed by atoms with van der Waals surface area (Å²) in [5.41, 5.74) is 2.16. The van der Waals surface area contributed by atoms with E-state index in [1.165, 1.54) is 23.1 Å². The van der Waals surface area contributed by atoms with Crippen molar-refractivity contribution in [1.82, 2.24) is 9.88 Å². The predicted molar refractivity (Wildman–Crippen MR) is 105 cm³/mol. The van der Waals surface area contributed by atoms with E-state index >= 15 is 0 Å². The van der Waals surface area contributed by atoms with Crippen LogP contribution in [0.4, 0.5) is 5.69 Å². The molecule has 0 bridgehead atoms. The Kier molecular flexibility index (Phi) is 5.30. The lowest BCUT2D eigenvalue weighted by molar-refractivity contribution is -0.384. The second-order valence-corrected chi connectivity index (χ2v) is 7.00. The summed E-state index contributed by atoms with van der Waals surface area (Å²) in [6.07, 6.45) is 0. The van der Waals surface area contributed by atoms with E-state index in [1.54, 1.807) is 38.2 Å². The van der Waals surface area contributed by atoms with E-state index in [1.807, 2.05) is 0 Å². The van der Waals surface area contributed by atoms with E-state index in [0.29, 0.717) is 32.4 Å². The molecule has 0 saturated carbocycles. The van der Waals surface area contributed by atoms with Crippen molar-refractivity contribution in [3.63, 3.8) is 0 Å². The van der Waals surface area contributed by atoms with Crippen LogP contribution in [0, 0.1) is 17.0 Å². The minimum absolute atomic E-state index is 0.0734. The number of rotatable bonds is 4. The molecule has 1 aromatic heterocycles. The van der Waals surface area contributed by atoms with Gasteiger partial charge in [-0.2, -0.15) is 0 Å². The molecule has 0 radical (unpaired) electrons. The fourth-order valence-electron chi connectivity index (χ4n) is 2.78. The van der Waals surface area contributed by atoms with Gasteiger partial charge in [0.25, 0.3) is 11.6 Å². The van der Waals surface area contributed by atoms with Crippen molar-refractivity contribution in [1.29, 1.82) is 0 Å². The molecule has 3 aromatic rings. The summed E-state index contributed by atoms with van der Waals surface area (Å²) in [5.74, 6) is -0.251. The molecule has 0 aliphatic carbocycles. The predicted octanol–water partition coefficient (Wildman–Crippen LogP) is 5.03. The number of carbonyl (C=O) groups excluding carboxylic acids is 1. The second-order valence-electron chi connectivity index (χ2n) is 6.15. The number of nitro groups is 1. The van der Waals surface area contributed by atoms with Crippen LogP contribution in [0.15, 0.2) is 42.5 Å². The molecule has 8 heteroatoms. The van der Waals surface area contributed by atoms with Crippen molar-refractivity contribution in [2.45, 2.75) is 13.5 Å². The van der Waals surface area contributed by atoms with Crippen molar-refractivity contribution >= 4 is 45.7 Å². The Bertz CT molecular complexity index is 1070. The van der Waals surface area contributed by atoms with E-state index < -0.39 is 4.92 Å². The average Bonchev–Trinajstić information content (AvgIpc) is 2.62. The van der Waals surface area contributed by atoms with Crippen LogP contribution in [0.2, 0.25) is 10.0 Å². The molecule has 0 aliphatic heterocycles. The van der Waals surface area contributed by atoms with E-state index in [0.717, 1.165) is 5.39 Å². The molecule has 0 atom stereocenters. The highest BCUT2D eigenvalue weighted by Crippen LogP contribution is 2.25. The van der Waals surface area contributed by atoms with Gasteiger partial charge in [-0.05, 0) is 36.8 Å². The zero-order valence-electron chi connectivity index (χ0n) is 14.6. The molecule has 0 fully saturated rings. The van der Waals surface area contributed by atoms with E-state index in [2.05, 4.69) is 4.98 Å². The first-order valence-electron chi connectivity index (χ1n) is 8.01. The van der Waals surface area contributed by atoms with Gasteiger partial charge >= 0.3 is 0 Å². The fraction of sp³-hybridized carbons (Fsp3) is 0.158. The maximum absolute atomic E-state index is 12.9. The summed E-state index contributed by atoms with van der Waals surface area (Å²) >= 11 is 12.1. The number of pyridine rings is 1. The summed E-state index contributed by atoms with van der Waals surface area (Å²) in [6, 6.07) is 11.2. The Hall–Kier alpha value is -2.70. The maximum Gasteiger partial charge on any atom is 0.269 e. The van der Waals surface area contributed by atoms with Gasteiger partial charge in [0.05, 0.1) is 21.7 Å². The monoisotopic (exact) mass is 403 g/mol. The number of aryl methyl sites for hydroxylation is 1. The highest BCUT2D eigenvalue weighted by Gasteiger charge is 2.19. The van der Waals surface area contributed by atoms with Gasteiger partial charge in [-0.15, -0.1) is 0 Å². The SMILES string of the molecule is Cc1nc2cc(Cl)ccc2cc1C(=O)N(C)Cc1cc([N+](=O)[O-])ccc1Cl. The highest BCUT2D eigenvalue weighted by molar-refractivity contribution is 6.31. The van der Waals surface area contributed by atoms with Crippen LogP contribution in [0.1, 0.15) is 21.6 Å². The average molecular weight is 404 g/mol. The van der Waals surface area contributed by atoms with Crippen LogP contribution in [-0.4, -0.2) is 27.8 Å². The zero-order chi connectivity index (χ0) is 19.7. The molecule has 0 spiro atoms. The Morgan fingerprint density at radius 1 is 1.19 bits per heavy atom. The van der Waals surface area contributed by atoms with Gasteiger partial charge < -0.3 is 4.90 Å². The topological polar surface area (TPSA) is 76.3 Å². The van der Waals surface area contributed by atoms with E-state index in [-0.39, 0.29) is 18.1 Å². The quantitative estimate of drug-likeness (QED) is 0.452. The third-order valence-electron chi connectivity index (χ3n) is 4.20. The number of aromatic nitrogens is 1. The maximum atomic E-state index is 12.9. The molecule has 27 heavy (non-hydrogen) atoms. The van der Waals surface area contributed by atoms with Gasteiger partial charge in [0.1, 0.15) is 0 Å². The largest absolute Gasteiger partial charge is 0.337 e. The van der Waals surface area contributed by atoms with Crippen molar-refractivity contribution in [3.05, 3.63) is 79.4 Å². The lowest BCUT2D eigenvalue weighted by atomic mass is 10.1. The molecule has 0 saturated heterocycles. The Balaban J connectivity index is 1.91. The summed E-state index contributed by atoms with van der Waals surface area (Å²) in [7, 11) is 1.61. The van der Waals surface area contributed by atoms with Crippen molar-refractivity contribution in [2.24, 2.45) is 0 Å². The lowest BCUT2D eigenvalue weighted by Gasteiger charge is -2.19. The Morgan fingerprint density at radius 2 is 1.93 bits per heavy atom. The Morgan fingerprint density at radius 3 is 2.63 bits per heavy atom. The molecule has 6 nitrogen and oxygen atoms in total. The minimum atomic E-state index is -0.496. The van der Waals surface area contributed by atoms with Crippen LogP contribution >= 0.6 is 23.2 Å². The summed E-state index contributed by atoms with van der Waals surface area (Å²) in [5, 5.41) is 12.7. The first kappa shape index (κ1) is 19.1. The summed E-state index contributed by atoms with van der Waals surface area (Å²) in [4.78, 5) is 29.3. The van der Waals surface area contributed by atoms with Crippen molar-refractivity contribution in [2.75, 3.05) is 7.05 Å². The van der Waals surface area contributed by atoms with Crippen LogP contribution in [0.25, 0.3) is 10.9 Å². The number of nitrogens with zero attached hydrogens (tertiary/aromatic N) is 3. The second kappa shape index (κ2) is 7.50.